The number of amides is 2. The van der Waals surface area contributed by atoms with Crippen LogP contribution in [0.3, 0.4) is 0 Å². The van der Waals surface area contributed by atoms with Gasteiger partial charge in [-0.3, -0.25) is 14.3 Å². The molecule has 0 aliphatic rings. The molecule has 0 fully saturated rings. The van der Waals surface area contributed by atoms with Gasteiger partial charge in [0.2, 0.25) is 0 Å². The van der Waals surface area contributed by atoms with Crippen molar-refractivity contribution in [3.05, 3.63) is 64.8 Å². The molecule has 2 heterocycles. The predicted octanol–water partition coefficient (Wildman–Crippen LogP) is 2.71. The predicted molar refractivity (Wildman–Crippen MR) is 99.8 cm³/mol. The van der Waals surface area contributed by atoms with Crippen molar-refractivity contribution in [2.24, 2.45) is 0 Å². The van der Waals surface area contributed by atoms with E-state index in [1.165, 1.54) is 13.1 Å². The first-order chi connectivity index (χ1) is 12.9. The van der Waals surface area contributed by atoms with E-state index in [0.29, 0.717) is 17.1 Å². The van der Waals surface area contributed by atoms with E-state index in [0.717, 1.165) is 5.56 Å². The monoisotopic (exact) mass is 367 g/mol. The fourth-order valence-electron chi connectivity index (χ4n) is 2.81. The highest BCUT2D eigenvalue weighted by Crippen LogP contribution is 2.23. The fraction of sp³-hybridized carbons (Fsp3) is 0.263. The van der Waals surface area contributed by atoms with Gasteiger partial charge in [0.15, 0.2) is 11.5 Å². The van der Waals surface area contributed by atoms with Crippen molar-refractivity contribution >= 4 is 17.5 Å². The fourth-order valence-corrected chi connectivity index (χ4v) is 2.81. The molecule has 2 N–H and O–H groups in total. The summed E-state index contributed by atoms with van der Waals surface area (Å²) in [6.45, 7) is 5.38. The second-order valence-electron chi connectivity index (χ2n) is 6.18. The molecule has 140 valence electrons. The van der Waals surface area contributed by atoms with Gasteiger partial charge in [-0.2, -0.15) is 5.10 Å². The van der Waals surface area contributed by atoms with Gasteiger partial charge in [-0.1, -0.05) is 35.5 Å². The molecule has 3 rings (SSSR count). The Balaban J connectivity index is 2.01. The number of aromatic nitrogens is 3. The van der Waals surface area contributed by atoms with Crippen molar-refractivity contribution < 1.29 is 14.1 Å². The number of carbonyl (C=O) groups is 2. The maximum Gasteiger partial charge on any atom is 0.274 e. The third-order valence-corrected chi connectivity index (χ3v) is 4.35. The smallest absolute Gasteiger partial charge is 0.274 e. The highest BCUT2D eigenvalue weighted by atomic mass is 16.5. The number of carbonyl (C=O) groups excluding carboxylic acids is 2. The van der Waals surface area contributed by atoms with Crippen molar-refractivity contribution in [3.8, 4) is 0 Å². The quantitative estimate of drug-likeness (QED) is 0.722. The van der Waals surface area contributed by atoms with E-state index in [4.69, 9.17) is 4.52 Å². The molecule has 8 nitrogen and oxygen atoms in total. The van der Waals surface area contributed by atoms with Crippen molar-refractivity contribution in [1.82, 2.24) is 20.3 Å². The SMILES string of the molecule is CNC(=O)c1cc(C(=O)Nc2c(C)noc2C)n([C@@H](C)c2ccccc2)n1. The molecule has 0 aliphatic heterocycles. The summed E-state index contributed by atoms with van der Waals surface area (Å²) in [5.74, 6) is -0.246. The van der Waals surface area contributed by atoms with E-state index in [9.17, 15) is 9.59 Å². The molecule has 27 heavy (non-hydrogen) atoms. The average Bonchev–Trinajstić information content (AvgIpc) is 3.26. The lowest BCUT2D eigenvalue weighted by Gasteiger charge is -2.16. The van der Waals surface area contributed by atoms with Crippen LogP contribution in [-0.2, 0) is 0 Å². The first kappa shape index (κ1) is 18.4. The van der Waals surface area contributed by atoms with Gasteiger partial charge in [-0.25, -0.2) is 0 Å². The molecule has 2 amide bonds. The summed E-state index contributed by atoms with van der Waals surface area (Å²) in [7, 11) is 1.52. The van der Waals surface area contributed by atoms with Gasteiger partial charge in [0, 0.05) is 13.1 Å². The Bertz CT molecular complexity index is 955. The Morgan fingerprint density at radius 3 is 2.44 bits per heavy atom. The zero-order chi connectivity index (χ0) is 19.6. The first-order valence-corrected chi connectivity index (χ1v) is 8.53. The molecule has 2 aromatic heterocycles. The molecule has 1 aromatic carbocycles. The lowest BCUT2D eigenvalue weighted by molar-refractivity contribution is 0.0956. The maximum atomic E-state index is 12.9. The Morgan fingerprint density at radius 2 is 1.85 bits per heavy atom. The number of hydrogen-bond donors (Lipinski definition) is 2. The van der Waals surface area contributed by atoms with Crippen molar-refractivity contribution in [1.29, 1.82) is 0 Å². The van der Waals surface area contributed by atoms with Gasteiger partial charge in [-0.05, 0) is 26.3 Å². The second kappa shape index (κ2) is 7.45. The van der Waals surface area contributed by atoms with Crippen LogP contribution in [0.1, 0.15) is 51.0 Å². The summed E-state index contributed by atoms with van der Waals surface area (Å²) in [6, 6.07) is 10.9. The van der Waals surface area contributed by atoms with E-state index in [1.54, 1.807) is 18.5 Å². The minimum atomic E-state index is -0.394. The largest absolute Gasteiger partial charge is 0.359 e. The zero-order valence-electron chi connectivity index (χ0n) is 15.6. The molecule has 8 heteroatoms. The number of nitrogens with zero attached hydrogens (tertiary/aromatic N) is 3. The summed E-state index contributed by atoms with van der Waals surface area (Å²) in [6.07, 6.45) is 0. The van der Waals surface area contributed by atoms with E-state index >= 15 is 0 Å². The van der Waals surface area contributed by atoms with Crippen molar-refractivity contribution in [2.75, 3.05) is 12.4 Å². The van der Waals surface area contributed by atoms with Crippen molar-refractivity contribution in [3.63, 3.8) is 0 Å². The third-order valence-electron chi connectivity index (χ3n) is 4.35. The Morgan fingerprint density at radius 1 is 1.15 bits per heavy atom. The van der Waals surface area contributed by atoms with E-state index < -0.39 is 5.91 Å². The van der Waals surface area contributed by atoms with Crippen LogP contribution in [0.25, 0.3) is 0 Å². The summed E-state index contributed by atoms with van der Waals surface area (Å²) < 4.78 is 6.64. The minimum absolute atomic E-state index is 0.171. The summed E-state index contributed by atoms with van der Waals surface area (Å²) in [4.78, 5) is 25.0. The van der Waals surface area contributed by atoms with Gasteiger partial charge in [-0.15, -0.1) is 0 Å². The average molecular weight is 367 g/mol. The van der Waals surface area contributed by atoms with Crippen LogP contribution in [0, 0.1) is 13.8 Å². The van der Waals surface area contributed by atoms with E-state index in [2.05, 4.69) is 20.9 Å². The topological polar surface area (TPSA) is 102 Å². The summed E-state index contributed by atoms with van der Waals surface area (Å²) in [5, 5.41) is 13.5. The molecule has 0 bridgehead atoms. The highest BCUT2D eigenvalue weighted by molar-refractivity contribution is 6.05. The molecule has 0 saturated carbocycles. The molecular formula is C19H21N5O3. The molecule has 0 unspecified atom stereocenters. The second-order valence-corrected chi connectivity index (χ2v) is 6.18. The summed E-state index contributed by atoms with van der Waals surface area (Å²) >= 11 is 0. The molecular weight excluding hydrogens is 346 g/mol. The number of aryl methyl sites for hydroxylation is 2. The van der Waals surface area contributed by atoms with Crippen LogP contribution in [0.5, 0.6) is 0 Å². The van der Waals surface area contributed by atoms with Crippen LogP contribution in [0.2, 0.25) is 0 Å². The van der Waals surface area contributed by atoms with Gasteiger partial charge in [0.1, 0.15) is 17.1 Å². The number of anilines is 1. The highest BCUT2D eigenvalue weighted by Gasteiger charge is 2.24. The molecule has 0 aliphatic carbocycles. The van der Waals surface area contributed by atoms with Gasteiger partial charge < -0.3 is 15.2 Å². The Kier molecular flexibility index (Phi) is 5.07. The molecule has 0 radical (unpaired) electrons. The van der Waals surface area contributed by atoms with Gasteiger partial charge in [0.05, 0.1) is 6.04 Å². The van der Waals surface area contributed by atoms with E-state index in [1.807, 2.05) is 37.3 Å². The van der Waals surface area contributed by atoms with Crippen LogP contribution in [0.4, 0.5) is 5.69 Å². The minimum Gasteiger partial charge on any atom is -0.359 e. The number of rotatable bonds is 5. The van der Waals surface area contributed by atoms with Crippen molar-refractivity contribution in [2.45, 2.75) is 26.8 Å². The number of benzene rings is 1. The molecule has 1 atom stereocenters. The number of nitrogens with one attached hydrogen (secondary N) is 2. The zero-order valence-corrected chi connectivity index (χ0v) is 15.6. The summed E-state index contributed by atoms with van der Waals surface area (Å²) in [5.41, 5.74) is 2.50. The van der Waals surface area contributed by atoms with Gasteiger partial charge >= 0.3 is 0 Å². The van der Waals surface area contributed by atoms with Gasteiger partial charge in [0.25, 0.3) is 11.8 Å². The lowest BCUT2D eigenvalue weighted by Crippen LogP contribution is -2.21. The molecule has 3 aromatic rings. The first-order valence-electron chi connectivity index (χ1n) is 8.53. The lowest BCUT2D eigenvalue weighted by atomic mass is 10.1. The van der Waals surface area contributed by atoms with Crippen LogP contribution in [-0.4, -0.2) is 33.8 Å². The Hall–Kier alpha value is -3.42. The van der Waals surface area contributed by atoms with E-state index in [-0.39, 0.29) is 23.3 Å². The molecule has 0 spiro atoms. The Labute approximate surface area is 156 Å². The number of hydrogen-bond acceptors (Lipinski definition) is 5. The molecule has 0 saturated heterocycles. The maximum absolute atomic E-state index is 12.9. The van der Waals surface area contributed by atoms with Crippen LogP contribution in [0.15, 0.2) is 40.9 Å². The third kappa shape index (κ3) is 3.59. The van der Waals surface area contributed by atoms with Crippen LogP contribution >= 0.6 is 0 Å². The normalized spacial score (nSPS) is 11.9. The standard InChI is InChI=1S/C19H21N5O3/c1-11-17(13(3)27-23-11)21-19(26)16-10-15(18(25)20-4)22-24(16)12(2)14-8-6-5-7-9-14/h5-10,12H,1-4H3,(H,20,25)(H,21,26)/t12-/m0/s1. The van der Waals surface area contributed by atoms with Crippen LogP contribution < -0.4 is 10.6 Å².